The van der Waals surface area contributed by atoms with Gasteiger partial charge in [0, 0.05) is 28.5 Å². The fourth-order valence-electron chi connectivity index (χ4n) is 1.86. The van der Waals surface area contributed by atoms with Crippen LogP contribution in [0.25, 0.3) is 0 Å². The molecule has 0 atom stereocenters. The first-order chi connectivity index (χ1) is 9.58. The van der Waals surface area contributed by atoms with Crippen LogP contribution in [0.5, 0.6) is 0 Å². The molecular formula is C15H17BrN2OS. The van der Waals surface area contributed by atoms with Gasteiger partial charge in [-0.2, -0.15) is 5.10 Å². The van der Waals surface area contributed by atoms with Crippen molar-refractivity contribution in [1.29, 1.82) is 0 Å². The number of thioether (sulfide) groups is 1. The third kappa shape index (κ3) is 4.21. The van der Waals surface area contributed by atoms with Crippen LogP contribution in [0.4, 0.5) is 0 Å². The van der Waals surface area contributed by atoms with Crippen LogP contribution in [-0.4, -0.2) is 21.3 Å². The summed E-state index contributed by atoms with van der Waals surface area (Å²) in [5.41, 5.74) is 2.03. The molecule has 1 heterocycles. The summed E-state index contributed by atoms with van der Waals surface area (Å²) in [6.45, 7) is 2.07. The average Bonchev–Trinajstić information content (AvgIpc) is 2.79. The fraction of sp³-hybridized carbons (Fsp3) is 0.333. The highest BCUT2D eigenvalue weighted by atomic mass is 79.9. The van der Waals surface area contributed by atoms with E-state index in [0.717, 1.165) is 27.2 Å². The standard InChI is InChI=1S/C15H17BrN2OS/c1-3-12-8-13(18(2)17-12)9-14(19)10-20-15-6-4-11(16)5-7-15/h4-8H,3,9-10H2,1-2H3. The van der Waals surface area contributed by atoms with E-state index in [-0.39, 0.29) is 5.78 Å². The molecular weight excluding hydrogens is 336 g/mol. The van der Waals surface area contributed by atoms with Crippen molar-refractivity contribution in [1.82, 2.24) is 9.78 Å². The SMILES string of the molecule is CCc1cc(CC(=O)CSc2ccc(Br)cc2)n(C)n1. The van der Waals surface area contributed by atoms with Crippen LogP contribution >= 0.6 is 27.7 Å². The lowest BCUT2D eigenvalue weighted by molar-refractivity contribution is -0.116. The Bertz CT molecular complexity index is 592. The number of hydrogen-bond acceptors (Lipinski definition) is 3. The van der Waals surface area contributed by atoms with E-state index in [0.29, 0.717) is 12.2 Å². The summed E-state index contributed by atoms with van der Waals surface area (Å²) < 4.78 is 2.86. The van der Waals surface area contributed by atoms with Gasteiger partial charge >= 0.3 is 0 Å². The Balaban J connectivity index is 1.89. The van der Waals surface area contributed by atoms with Gasteiger partial charge in [-0.05, 0) is 36.8 Å². The van der Waals surface area contributed by atoms with Crippen LogP contribution in [0, 0.1) is 0 Å². The second kappa shape index (κ2) is 7.09. The zero-order chi connectivity index (χ0) is 14.5. The number of carbonyl (C=O) groups excluding carboxylic acids is 1. The van der Waals surface area contributed by atoms with E-state index in [1.165, 1.54) is 0 Å². The van der Waals surface area contributed by atoms with Crippen molar-refractivity contribution in [2.24, 2.45) is 7.05 Å². The number of ketones is 1. The van der Waals surface area contributed by atoms with Crippen LogP contribution in [0.1, 0.15) is 18.3 Å². The number of nitrogens with zero attached hydrogens (tertiary/aromatic N) is 2. The van der Waals surface area contributed by atoms with E-state index < -0.39 is 0 Å². The third-order valence-electron chi connectivity index (χ3n) is 2.98. The number of hydrogen-bond donors (Lipinski definition) is 0. The Morgan fingerprint density at radius 2 is 2.05 bits per heavy atom. The molecule has 106 valence electrons. The van der Waals surface area contributed by atoms with Gasteiger partial charge in [0.1, 0.15) is 5.78 Å². The number of carbonyl (C=O) groups is 1. The van der Waals surface area contributed by atoms with E-state index in [1.807, 2.05) is 37.4 Å². The lowest BCUT2D eigenvalue weighted by Crippen LogP contribution is -2.09. The largest absolute Gasteiger partial charge is 0.298 e. The first kappa shape index (κ1) is 15.3. The topological polar surface area (TPSA) is 34.9 Å². The predicted molar refractivity (Wildman–Crippen MR) is 86.2 cm³/mol. The van der Waals surface area contributed by atoms with Crippen LogP contribution in [0.3, 0.4) is 0 Å². The maximum Gasteiger partial charge on any atom is 0.149 e. The number of rotatable bonds is 6. The van der Waals surface area contributed by atoms with Crippen molar-refractivity contribution >= 4 is 33.5 Å². The van der Waals surface area contributed by atoms with Crippen LogP contribution < -0.4 is 0 Å². The monoisotopic (exact) mass is 352 g/mol. The Morgan fingerprint density at radius 1 is 1.35 bits per heavy atom. The average molecular weight is 353 g/mol. The van der Waals surface area contributed by atoms with E-state index in [1.54, 1.807) is 16.4 Å². The van der Waals surface area contributed by atoms with E-state index in [2.05, 4.69) is 28.0 Å². The normalized spacial score (nSPS) is 10.8. The molecule has 0 aliphatic rings. The molecule has 0 aliphatic carbocycles. The Hall–Kier alpha value is -1.07. The summed E-state index contributed by atoms with van der Waals surface area (Å²) in [4.78, 5) is 13.1. The molecule has 2 aromatic rings. The van der Waals surface area contributed by atoms with Gasteiger partial charge in [-0.1, -0.05) is 22.9 Å². The van der Waals surface area contributed by atoms with Gasteiger partial charge in [-0.3, -0.25) is 9.48 Å². The first-order valence-corrected chi connectivity index (χ1v) is 8.28. The number of aromatic nitrogens is 2. The molecule has 0 bridgehead atoms. The van der Waals surface area contributed by atoms with Gasteiger partial charge in [0.15, 0.2) is 0 Å². The summed E-state index contributed by atoms with van der Waals surface area (Å²) in [5, 5.41) is 4.36. The highest BCUT2D eigenvalue weighted by Gasteiger charge is 2.10. The second-order valence-corrected chi connectivity index (χ2v) is 6.53. The minimum Gasteiger partial charge on any atom is -0.298 e. The number of benzene rings is 1. The van der Waals surface area contributed by atoms with Gasteiger partial charge in [-0.25, -0.2) is 0 Å². The van der Waals surface area contributed by atoms with Gasteiger partial charge in [0.25, 0.3) is 0 Å². The highest BCUT2D eigenvalue weighted by Crippen LogP contribution is 2.21. The van der Waals surface area contributed by atoms with E-state index in [9.17, 15) is 4.79 Å². The molecule has 0 radical (unpaired) electrons. The maximum absolute atomic E-state index is 12.0. The van der Waals surface area contributed by atoms with Crippen molar-refractivity contribution in [3.63, 3.8) is 0 Å². The molecule has 1 aromatic heterocycles. The third-order valence-corrected chi connectivity index (χ3v) is 4.58. The van der Waals surface area contributed by atoms with Crippen molar-refractivity contribution in [2.45, 2.75) is 24.7 Å². The predicted octanol–water partition coefficient (Wildman–Crippen LogP) is 3.65. The number of halogens is 1. The molecule has 0 aliphatic heterocycles. The minimum absolute atomic E-state index is 0.226. The van der Waals surface area contributed by atoms with Crippen LogP contribution in [0.15, 0.2) is 39.7 Å². The summed E-state index contributed by atoms with van der Waals surface area (Å²) in [5.74, 6) is 0.720. The van der Waals surface area contributed by atoms with E-state index in [4.69, 9.17) is 0 Å². The molecule has 0 fully saturated rings. The quantitative estimate of drug-likeness (QED) is 0.744. The Morgan fingerprint density at radius 3 is 2.65 bits per heavy atom. The van der Waals surface area contributed by atoms with Crippen LogP contribution in [0.2, 0.25) is 0 Å². The lowest BCUT2D eigenvalue weighted by Gasteiger charge is -2.02. The van der Waals surface area contributed by atoms with Crippen molar-refractivity contribution in [3.8, 4) is 0 Å². The zero-order valence-corrected chi connectivity index (χ0v) is 14.0. The first-order valence-electron chi connectivity index (χ1n) is 6.50. The van der Waals surface area contributed by atoms with Gasteiger partial charge in [0.2, 0.25) is 0 Å². The molecule has 0 unspecified atom stereocenters. The van der Waals surface area contributed by atoms with Gasteiger partial charge in [0.05, 0.1) is 11.4 Å². The van der Waals surface area contributed by atoms with Gasteiger partial charge < -0.3 is 0 Å². The zero-order valence-electron chi connectivity index (χ0n) is 11.6. The minimum atomic E-state index is 0.226. The summed E-state index contributed by atoms with van der Waals surface area (Å²) in [6, 6.07) is 10.0. The molecule has 20 heavy (non-hydrogen) atoms. The molecule has 1 aromatic carbocycles. The maximum atomic E-state index is 12.0. The van der Waals surface area contributed by atoms with Crippen molar-refractivity contribution in [2.75, 3.05) is 5.75 Å². The molecule has 0 N–H and O–H groups in total. The Kier molecular flexibility index (Phi) is 5.43. The fourth-order valence-corrected chi connectivity index (χ4v) is 2.88. The number of Topliss-reactive ketones (excluding diaryl/α,β-unsaturated/α-hetero) is 1. The number of aryl methyl sites for hydroxylation is 2. The molecule has 5 heteroatoms. The molecule has 0 spiro atoms. The molecule has 3 nitrogen and oxygen atoms in total. The molecule has 2 rings (SSSR count). The molecule has 0 saturated carbocycles. The summed E-state index contributed by atoms with van der Waals surface area (Å²) in [6.07, 6.45) is 1.35. The summed E-state index contributed by atoms with van der Waals surface area (Å²) >= 11 is 4.98. The molecule has 0 amide bonds. The van der Waals surface area contributed by atoms with Crippen molar-refractivity contribution < 1.29 is 4.79 Å². The second-order valence-electron chi connectivity index (χ2n) is 4.56. The smallest absolute Gasteiger partial charge is 0.149 e. The highest BCUT2D eigenvalue weighted by molar-refractivity contribution is 9.10. The van der Waals surface area contributed by atoms with Crippen molar-refractivity contribution in [3.05, 3.63) is 46.2 Å². The lowest BCUT2D eigenvalue weighted by atomic mass is 10.2. The Labute approximate surface area is 131 Å². The van der Waals surface area contributed by atoms with Gasteiger partial charge in [-0.15, -0.1) is 11.8 Å². The molecule has 0 saturated heterocycles. The van der Waals surface area contributed by atoms with Crippen LogP contribution in [-0.2, 0) is 24.7 Å². The van der Waals surface area contributed by atoms with E-state index >= 15 is 0 Å². The summed E-state index contributed by atoms with van der Waals surface area (Å²) in [7, 11) is 1.89.